The van der Waals surface area contributed by atoms with Crippen molar-refractivity contribution in [3.8, 4) is 0 Å². The van der Waals surface area contributed by atoms with E-state index in [1.54, 1.807) is 19.1 Å². The summed E-state index contributed by atoms with van der Waals surface area (Å²) < 4.78 is 59.6. The summed E-state index contributed by atoms with van der Waals surface area (Å²) in [6.45, 7) is 2.31. The predicted molar refractivity (Wildman–Crippen MR) is 109 cm³/mol. The van der Waals surface area contributed by atoms with Crippen LogP contribution in [-0.2, 0) is 33.1 Å². The molecule has 0 spiro atoms. The van der Waals surface area contributed by atoms with Crippen LogP contribution in [0.3, 0.4) is 0 Å². The molecule has 0 saturated heterocycles. The maximum atomic E-state index is 13.0. The van der Waals surface area contributed by atoms with Crippen LogP contribution in [-0.4, -0.2) is 27.7 Å². The fraction of sp³-hybridized carbons (Fsp3) is 0.200. The Hall–Kier alpha value is -2.46. The fourth-order valence-corrected chi connectivity index (χ4v) is 5.19. The molecular formula is C20H22N2O5S2. The third-order valence-electron chi connectivity index (χ3n) is 4.34. The first-order valence-electron chi connectivity index (χ1n) is 8.99. The smallest absolute Gasteiger partial charge is 0.243 e. The van der Waals surface area contributed by atoms with Crippen LogP contribution in [0.25, 0.3) is 0 Å². The lowest BCUT2D eigenvalue weighted by Gasteiger charge is -2.20. The van der Waals surface area contributed by atoms with E-state index >= 15 is 0 Å². The Labute approximate surface area is 171 Å². The molecule has 0 aliphatic carbocycles. The Bertz CT molecular complexity index is 1130. The Kier molecular flexibility index (Phi) is 6.53. The van der Waals surface area contributed by atoms with Crippen LogP contribution < -0.4 is 4.72 Å². The van der Waals surface area contributed by atoms with E-state index in [9.17, 15) is 16.8 Å². The molecule has 2 aromatic carbocycles. The second-order valence-corrected chi connectivity index (χ2v) is 10.00. The third kappa shape index (κ3) is 5.13. The number of benzene rings is 2. The van der Waals surface area contributed by atoms with Crippen LogP contribution >= 0.6 is 0 Å². The van der Waals surface area contributed by atoms with E-state index < -0.39 is 20.0 Å². The molecule has 0 amide bonds. The molecule has 29 heavy (non-hydrogen) atoms. The molecule has 0 bridgehead atoms. The SMILES string of the molecule is CCN(Cc1ccccc1)S(=O)(=O)c1ccc(S(=O)(=O)NCc2ccco2)cc1. The van der Waals surface area contributed by atoms with Crippen LogP contribution in [0.15, 0.2) is 87.2 Å². The fourth-order valence-electron chi connectivity index (χ4n) is 2.76. The quantitative estimate of drug-likeness (QED) is 0.558. The molecule has 3 rings (SSSR count). The first-order valence-corrected chi connectivity index (χ1v) is 11.9. The van der Waals surface area contributed by atoms with Crippen LogP contribution in [0.5, 0.6) is 0 Å². The third-order valence-corrected chi connectivity index (χ3v) is 7.69. The zero-order valence-corrected chi connectivity index (χ0v) is 17.5. The van der Waals surface area contributed by atoms with Gasteiger partial charge in [0, 0.05) is 13.1 Å². The van der Waals surface area contributed by atoms with Crippen LogP contribution in [0.2, 0.25) is 0 Å². The molecule has 0 aliphatic heterocycles. The monoisotopic (exact) mass is 434 g/mol. The maximum Gasteiger partial charge on any atom is 0.243 e. The molecule has 0 aliphatic rings. The zero-order chi connectivity index (χ0) is 20.9. The second-order valence-electron chi connectivity index (χ2n) is 6.29. The lowest BCUT2D eigenvalue weighted by molar-refractivity contribution is 0.423. The number of rotatable bonds is 9. The average Bonchev–Trinajstić information content (AvgIpc) is 3.25. The summed E-state index contributed by atoms with van der Waals surface area (Å²) >= 11 is 0. The minimum absolute atomic E-state index is 0.00999. The average molecular weight is 435 g/mol. The maximum absolute atomic E-state index is 13.0. The minimum Gasteiger partial charge on any atom is -0.468 e. The van der Waals surface area contributed by atoms with E-state index in [0.717, 1.165) is 5.56 Å². The van der Waals surface area contributed by atoms with Crippen molar-refractivity contribution >= 4 is 20.0 Å². The van der Waals surface area contributed by atoms with Crippen molar-refractivity contribution in [3.05, 3.63) is 84.3 Å². The molecule has 9 heteroatoms. The van der Waals surface area contributed by atoms with E-state index in [4.69, 9.17) is 4.42 Å². The first-order chi connectivity index (χ1) is 13.8. The summed E-state index contributed by atoms with van der Waals surface area (Å²) in [5.41, 5.74) is 0.874. The number of hydrogen-bond donors (Lipinski definition) is 1. The zero-order valence-electron chi connectivity index (χ0n) is 15.9. The van der Waals surface area contributed by atoms with Crippen molar-refractivity contribution in [2.24, 2.45) is 0 Å². The lowest BCUT2D eigenvalue weighted by Crippen LogP contribution is -2.30. The number of hydrogen-bond acceptors (Lipinski definition) is 5. The molecular weight excluding hydrogens is 412 g/mol. The second kappa shape index (κ2) is 8.91. The lowest BCUT2D eigenvalue weighted by atomic mass is 10.2. The largest absolute Gasteiger partial charge is 0.468 e. The topological polar surface area (TPSA) is 96.7 Å². The Morgan fingerprint density at radius 3 is 2.10 bits per heavy atom. The van der Waals surface area contributed by atoms with Crippen molar-refractivity contribution < 1.29 is 21.3 Å². The molecule has 0 atom stereocenters. The van der Waals surface area contributed by atoms with Gasteiger partial charge in [-0.3, -0.25) is 0 Å². The van der Waals surface area contributed by atoms with E-state index in [1.165, 1.54) is 34.8 Å². The van der Waals surface area contributed by atoms with E-state index in [2.05, 4.69) is 4.72 Å². The van der Waals surface area contributed by atoms with Gasteiger partial charge in [-0.15, -0.1) is 0 Å². The number of furan rings is 1. The van der Waals surface area contributed by atoms with E-state index in [0.29, 0.717) is 12.3 Å². The van der Waals surface area contributed by atoms with Gasteiger partial charge in [-0.05, 0) is 42.0 Å². The van der Waals surface area contributed by atoms with Gasteiger partial charge in [-0.2, -0.15) is 4.31 Å². The van der Waals surface area contributed by atoms with Crippen LogP contribution in [0.1, 0.15) is 18.2 Å². The molecule has 1 N–H and O–H groups in total. The van der Waals surface area contributed by atoms with Crippen molar-refractivity contribution in [2.45, 2.75) is 29.8 Å². The molecule has 7 nitrogen and oxygen atoms in total. The minimum atomic E-state index is -3.79. The summed E-state index contributed by atoms with van der Waals surface area (Å²) in [7, 11) is -7.55. The van der Waals surface area contributed by atoms with E-state index in [-0.39, 0.29) is 22.9 Å². The normalized spacial score (nSPS) is 12.3. The summed E-state index contributed by atoms with van der Waals surface area (Å²) in [6, 6.07) is 17.8. The van der Waals surface area contributed by atoms with Crippen molar-refractivity contribution in [3.63, 3.8) is 0 Å². The van der Waals surface area contributed by atoms with Gasteiger partial charge >= 0.3 is 0 Å². The highest BCUT2D eigenvalue weighted by atomic mass is 32.2. The van der Waals surface area contributed by atoms with Gasteiger partial charge in [0.2, 0.25) is 20.0 Å². The standard InChI is InChI=1S/C20H22N2O5S2/c1-2-22(16-17-7-4-3-5-8-17)29(25,26)20-12-10-19(11-13-20)28(23,24)21-15-18-9-6-14-27-18/h3-14,21H,2,15-16H2,1H3. The summed E-state index contributed by atoms with van der Waals surface area (Å²) in [6.07, 6.45) is 1.46. The van der Waals surface area contributed by atoms with Gasteiger partial charge in [0.05, 0.1) is 22.6 Å². The van der Waals surface area contributed by atoms with Gasteiger partial charge in [-0.25, -0.2) is 21.6 Å². The molecule has 3 aromatic rings. The summed E-state index contributed by atoms with van der Waals surface area (Å²) in [4.78, 5) is 0.0226. The Morgan fingerprint density at radius 1 is 0.862 bits per heavy atom. The number of sulfonamides is 2. The molecule has 0 saturated carbocycles. The van der Waals surface area contributed by atoms with E-state index in [1.807, 2.05) is 30.3 Å². The molecule has 0 fully saturated rings. The van der Waals surface area contributed by atoms with Gasteiger partial charge < -0.3 is 4.42 Å². The molecule has 1 heterocycles. The van der Waals surface area contributed by atoms with Gasteiger partial charge in [0.15, 0.2) is 0 Å². The number of nitrogens with zero attached hydrogens (tertiary/aromatic N) is 1. The van der Waals surface area contributed by atoms with Crippen molar-refractivity contribution in [1.29, 1.82) is 0 Å². The summed E-state index contributed by atoms with van der Waals surface area (Å²) in [5.74, 6) is 0.479. The van der Waals surface area contributed by atoms with Gasteiger partial charge in [-0.1, -0.05) is 37.3 Å². The molecule has 154 valence electrons. The highest BCUT2D eigenvalue weighted by Gasteiger charge is 2.24. The Balaban J connectivity index is 1.76. The van der Waals surface area contributed by atoms with Crippen LogP contribution in [0.4, 0.5) is 0 Å². The highest BCUT2D eigenvalue weighted by Crippen LogP contribution is 2.20. The van der Waals surface area contributed by atoms with Gasteiger partial charge in [0.25, 0.3) is 0 Å². The Morgan fingerprint density at radius 2 is 1.52 bits per heavy atom. The molecule has 1 aromatic heterocycles. The molecule has 0 radical (unpaired) electrons. The van der Waals surface area contributed by atoms with Crippen molar-refractivity contribution in [2.75, 3.05) is 6.54 Å². The predicted octanol–water partition coefficient (Wildman–Crippen LogP) is 2.97. The molecule has 0 unspecified atom stereocenters. The van der Waals surface area contributed by atoms with Crippen LogP contribution in [0, 0.1) is 0 Å². The number of nitrogens with one attached hydrogen (secondary N) is 1. The van der Waals surface area contributed by atoms with Gasteiger partial charge in [0.1, 0.15) is 5.76 Å². The van der Waals surface area contributed by atoms with Crippen molar-refractivity contribution in [1.82, 2.24) is 9.03 Å². The highest BCUT2D eigenvalue weighted by molar-refractivity contribution is 7.89. The first kappa shape index (κ1) is 21.3. The summed E-state index contributed by atoms with van der Waals surface area (Å²) in [5, 5.41) is 0.